The predicted octanol–water partition coefficient (Wildman–Crippen LogP) is 8.66. The first-order chi connectivity index (χ1) is 23.2. The van der Waals surface area contributed by atoms with Crippen molar-refractivity contribution in [1.82, 2.24) is 4.31 Å². The molecule has 0 aromatic heterocycles. The van der Waals surface area contributed by atoms with Crippen molar-refractivity contribution < 1.29 is 22.6 Å². The van der Waals surface area contributed by atoms with Crippen LogP contribution >= 0.6 is 7.60 Å². The normalized spacial score (nSPS) is 12.7. The quantitative estimate of drug-likeness (QED) is 0.0948. The van der Waals surface area contributed by atoms with Crippen molar-refractivity contribution in [2.45, 2.75) is 64.4 Å². The minimum Gasteiger partial charge on any atom is -0.497 e. The Morgan fingerprint density at radius 1 is 0.792 bits per heavy atom. The van der Waals surface area contributed by atoms with Gasteiger partial charge in [-0.1, -0.05) is 100 Å². The van der Waals surface area contributed by atoms with E-state index in [1.54, 1.807) is 7.11 Å². The molecule has 8 nitrogen and oxygen atoms in total. The van der Waals surface area contributed by atoms with Crippen LogP contribution in [0.3, 0.4) is 0 Å². The van der Waals surface area contributed by atoms with Crippen LogP contribution in [0, 0.1) is 5.92 Å². The number of hydrogen-bond donors (Lipinski definition) is 2. The number of ether oxygens (including phenoxy) is 1. The van der Waals surface area contributed by atoms with Crippen molar-refractivity contribution in [3.8, 4) is 5.75 Å². The number of nitrogens with one attached hydrogen (secondary N) is 1. The fourth-order valence-electron chi connectivity index (χ4n) is 4.73. The average Bonchev–Trinajstić information content (AvgIpc) is 3.13. The summed E-state index contributed by atoms with van der Waals surface area (Å²) in [6.45, 7) is 10.5. The summed E-state index contributed by atoms with van der Waals surface area (Å²) in [4.78, 5) is 0.744. The molecule has 0 saturated heterocycles. The molecule has 0 fully saturated rings. The van der Waals surface area contributed by atoms with Crippen molar-refractivity contribution in [2.75, 3.05) is 32.1 Å². The maximum atomic E-state index is 13.9. The number of nitrogens with zero attached hydrogens (tertiary/aromatic N) is 1. The van der Waals surface area contributed by atoms with Crippen LogP contribution in [-0.2, 0) is 44.0 Å². The Kier molecular flexibility index (Phi) is 17.1. The Balaban J connectivity index is 0.00000307. The minimum atomic E-state index is -3.46. The molecule has 0 aliphatic heterocycles. The van der Waals surface area contributed by atoms with Gasteiger partial charge in [0.1, 0.15) is 16.7 Å². The molecule has 0 aliphatic carbocycles. The van der Waals surface area contributed by atoms with Crippen molar-refractivity contribution in [3.05, 3.63) is 126 Å². The molecule has 4 aromatic carbocycles. The van der Waals surface area contributed by atoms with Crippen molar-refractivity contribution in [1.29, 1.82) is 0 Å². The van der Waals surface area contributed by atoms with Gasteiger partial charge in [-0.3, -0.25) is 4.57 Å². The Morgan fingerprint density at radius 2 is 1.33 bits per heavy atom. The van der Waals surface area contributed by atoms with Crippen molar-refractivity contribution in [3.63, 3.8) is 0 Å². The molecule has 3 N–H and O–H groups in total. The largest absolute Gasteiger partial charge is 0.497 e. The van der Waals surface area contributed by atoms with E-state index < -0.39 is 18.6 Å². The lowest BCUT2D eigenvalue weighted by molar-refractivity contribution is 0.190. The molecule has 2 atom stereocenters. The van der Waals surface area contributed by atoms with Crippen LogP contribution < -0.4 is 15.8 Å². The first kappa shape index (κ1) is 39.1. The summed E-state index contributed by atoms with van der Waals surface area (Å²) in [6.07, 6.45) is 0.837. The van der Waals surface area contributed by atoms with Gasteiger partial charge in [-0.2, -0.15) is 0 Å². The topological polar surface area (TPSA) is 103 Å². The SMILES string of the molecule is CC.COc1ccc(S(=O)N(CC[C@@H](N)CNc2ccc(CP(=O)(OCc3ccccc3)OCc3ccccc3)cc2)CC(C)C)cc1. The van der Waals surface area contributed by atoms with Gasteiger partial charge >= 0.3 is 7.60 Å². The lowest BCUT2D eigenvalue weighted by Gasteiger charge is -2.25. The zero-order valence-electron chi connectivity index (χ0n) is 28.9. The van der Waals surface area contributed by atoms with Gasteiger partial charge in [-0.25, -0.2) is 8.51 Å². The number of methoxy groups -OCH3 is 1. The monoisotopic (exact) mass is 693 g/mol. The molecule has 0 spiro atoms. The second-order valence-corrected chi connectivity index (χ2v) is 15.2. The molecule has 4 aromatic rings. The number of nitrogens with two attached hydrogens (primary N) is 1. The van der Waals surface area contributed by atoms with E-state index in [9.17, 15) is 8.77 Å². The Labute approximate surface area is 290 Å². The van der Waals surface area contributed by atoms with E-state index in [-0.39, 0.29) is 25.4 Å². The van der Waals surface area contributed by atoms with Crippen molar-refractivity contribution in [2.24, 2.45) is 11.7 Å². The van der Waals surface area contributed by atoms with Crippen LogP contribution in [0.15, 0.2) is 114 Å². The highest BCUT2D eigenvalue weighted by Crippen LogP contribution is 2.53. The van der Waals surface area contributed by atoms with Gasteiger partial charge in [0, 0.05) is 31.4 Å². The predicted molar refractivity (Wildman–Crippen MR) is 198 cm³/mol. The summed E-state index contributed by atoms with van der Waals surface area (Å²) in [5.74, 6) is 1.09. The van der Waals surface area contributed by atoms with E-state index in [0.29, 0.717) is 32.0 Å². The standard InChI is InChI=1S/C36H46N3O5PS.C2H6/c1-29(2)25-39(46(41)36-20-18-35(42-3)19-21-36)23-22-33(37)24-38-34-16-14-32(15-17-34)28-45(40,43-26-30-10-6-4-7-11-30)44-27-31-12-8-5-9-13-31;1-2/h4-21,29,33,38H,22-28,37H2,1-3H3;1-2H3/t33-,46?;/m1./s1. The third-order valence-electron chi connectivity index (χ3n) is 7.25. The van der Waals surface area contributed by atoms with E-state index in [1.807, 2.05) is 127 Å². The summed E-state index contributed by atoms with van der Waals surface area (Å²) >= 11 is 0. The van der Waals surface area contributed by atoms with Crippen LogP contribution in [0.2, 0.25) is 0 Å². The van der Waals surface area contributed by atoms with Gasteiger partial charge in [0.05, 0.1) is 31.4 Å². The molecule has 0 saturated carbocycles. The molecule has 260 valence electrons. The molecule has 0 aliphatic rings. The highest BCUT2D eigenvalue weighted by Gasteiger charge is 2.26. The smallest absolute Gasteiger partial charge is 0.335 e. The number of hydrogen-bond acceptors (Lipinski definition) is 7. The van der Waals surface area contributed by atoms with E-state index in [4.69, 9.17) is 19.5 Å². The van der Waals surface area contributed by atoms with E-state index >= 15 is 0 Å². The Hall–Kier alpha value is -3.30. The molecule has 1 unspecified atom stereocenters. The molecule has 0 bridgehead atoms. The maximum Gasteiger partial charge on any atom is 0.335 e. The van der Waals surface area contributed by atoms with Crippen molar-refractivity contribution >= 4 is 24.3 Å². The van der Waals surface area contributed by atoms with E-state index in [0.717, 1.165) is 33.0 Å². The van der Waals surface area contributed by atoms with Crippen LogP contribution in [0.4, 0.5) is 5.69 Å². The van der Waals surface area contributed by atoms with Gasteiger partial charge in [0.25, 0.3) is 0 Å². The Morgan fingerprint density at radius 3 is 1.83 bits per heavy atom. The van der Waals surface area contributed by atoms with Gasteiger partial charge in [-0.05, 0) is 65.4 Å². The van der Waals surface area contributed by atoms with Gasteiger partial charge in [-0.15, -0.1) is 0 Å². The fraction of sp³-hybridized carbons (Fsp3) is 0.368. The van der Waals surface area contributed by atoms with Gasteiger partial charge in [0.15, 0.2) is 0 Å². The second kappa shape index (κ2) is 20.9. The molecule has 0 amide bonds. The molecule has 0 radical (unpaired) electrons. The van der Waals surface area contributed by atoms with E-state index in [2.05, 4.69) is 19.2 Å². The van der Waals surface area contributed by atoms with Crippen LogP contribution in [0.25, 0.3) is 0 Å². The van der Waals surface area contributed by atoms with Crippen LogP contribution in [0.5, 0.6) is 5.75 Å². The van der Waals surface area contributed by atoms with E-state index in [1.165, 1.54) is 0 Å². The molecular formula is C38H52N3O5PS. The lowest BCUT2D eigenvalue weighted by atomic mass is 10.2. The minimum absolute atomic E-state index is 0.139. The zero-order chi connectivity index (χ0) is 34.8. The zero-order valence-corrected chi connectivity index (χ0v) is 30.6. The summed E-state index contributed by atoms with van der Waals surface area (Å²) in [5.41, 5.74) is 10.1. The molecular weight excluding hydrogens is 641 g/mol. The molecule has 48 heavy (non-hydrogen) atoms. The van der Waals surface area contributed by atoms with Gasteiger partial charge in [0.2, 0.25) is 0 Å². The summed E-state index contributed by atoms with van der Waals surface area (Å²) in [7, 11) is -3.13. The highest BCUT2D eigenvalue weighted by molar-refractivity contribution is 7.82. The van der Waals surface area contributed by atoms with Crippen LogP contribution in [0.1, 0.15) is 50.8 Å². The Bertz CT molecular complexity index is 1480. The summed E-state index contributed by atoms with van der Waals surface area (Å²) in [5, 5.41) is 3.40. The number of anilines is 1. The number of rotatable bonds is 19. The highest BCUT2D eigenvalue weighted by atomic mass is 32.2. The van der Waals surface area contributed by atoms with Gasteiger partial charge < -0.3 is 24.8 Å². The molecule has 10 heteroatoms. The first-order valence-corrected chi connectivity index (χ1v) is 19.4. The third kappa shape index (κ3) is 13.7. The molecule has 0 heterocycles. The fourth-order valence-corrected chi connectivity index (χ4v) is 7.70. The summed E-state index contributed by atoms with van der Waals surface area (Å²) in [6, 6.07) is 34.3. The molecule has 4 rings (SSSR count). The van der Waals surface area contributed by atoms with Crippen LogP contribution in [-0.4, -0.2) is 41.3 Å². The second-order valence-electron chi connectivity index (χ2n) is 11.6. The number of benzene rings is 4. The third-order valence-corrected chi connectivity index (χ3v) is 10.5. The lowest BCUT2D eigenvalue weighted by Crippen LogP contribution is -2.37. The summed E-state index contributed by atoms with van der Waals surface area (Å²) < 4.78 is 46.3. The average molecular weight is 694 g/mol. The first-order valence-electron chi connectivity index (χ1n) is 16.6. The maximum absolute atomic E-state index is 13.9.